The Kier molecular flexibility index (Phi) is 10.9. The van der Waals surface area contributed by atoms with Crippen molar-refractivity contribution in [3.05, 3.63) is 47.8 Å². The van der Waals surface area contributed by atoms with Gasteiger partial charge in [0.2, 0.25) is 5.79 Å². The molecule has 0 saturated carbocycles. The summed E-state index contributed by atoms with van der Waals surface area (Å²) in [7, 11) is 4.63. The van der Waals surface area contributed by atoms with E-state index in [1.165, 1.54) is 26.2 Å². The van der Waals surface area contributed by atoms with E-state index in [1.54, 1.807) is 26.4 Å². The van der Waals surface area contributed by atoms with Crippen molar-refractivity contribution in [3.8, 4) is 0 Å². The number of fused-ring (bicyclic) bond motifs is 2. The van der Waals surface area contributed by atoms with Gasteiger partial charge in [-0.3, -0.25) is 4.79 Å². The third-order valence-electron chi connectivity index (χ3n) is 8.10. The zero-order valence-corrected chi connectivity index (χ0v) is 23.2. The summed E-state index contributed by atoms with van der Waals surface area (Å²) in [6.07, 6.45) is 2.47. The van der Waals surface area contributed by atoms with Gasteiger partial charge in [0.1, 0.15) is 30.0 Å². The number of ether oxygens (including phenoxy) is 5. The third-order valence-corrected chi connectivity index (χ3v) is 8.10. The fourth-order valence-electron chi connectivity index (χ4n) is 5.57. The summed E-state index contributed by atoms with van der Waals surface area (Å²) in [5, 5.41) is 22.9. The summed E-state index contributed by atoms with van der Waals surface area (Å²) < 4.78 is 42.7. The lowest BCUT2D eigenvalue weighted by Gasteiger charge is -2.51. The van der Waals surface area contributed by atoms with Gasteiger partial charge in [-0.05, 0) is 43.9 Å². The predicted molar refractivity (Wildman–Crippen MR) is 139 cm³/mol. The molecule has 0 radical (unpaired) electrons. The highest BCUT2D eigenvalue weighted by atomic mass is 19.1. The first-order chi connectivity index (χ1) is 18.1. The first-order valence-electron chi connectivity index (χ1n) is 13.4. The molecular weight excluding hydrogens is 495 g/mol. The Morgan fingerprint density at radius 3 is 2.24 bits per heavy atom. The van der Waals surface area contributed by atoms with E-state index in [-0.39, 0.29) is 23.9 Å². The van der Waals surface area contributed by atoms with Crippen LogP contribution in [0.3, 0.4) is 0 Å². The molecule has 0 aliphatic carbocycles. The summed E-state index contributed by atoms with van der Waals surface area (Å²) in [5.41, 5.74) is 0.647. The average molecular weight is 539 g/mol. The molecule has 2 N–H and O–H groups in total. The number of methoxy groups -OCH3 is 3. The van der Waals surface area contributed by atoms with Crippen molar-refractivity contribution in [1.82, 2.24) is 0 Å². The normalized spacial score (nSPS) is 40.3. The largest absolute Gasteiger partial charge is 0.457 e. The van der Waals surface area contributed by atoms with Gasteiger partial charge < -0.3 is 33.9 Å². The minimum absolute atomic E-state index is 0.201. The summed E-state index contributed by atoms with van der Waals surface area (Å²) >= 11 is 0. The van der Waals surface area contributed by atoms with Gasteiger partial charge in [0.15, 0.2) is 0 Å². The molecule has 2 aliphatic heterocycles. The lowest BCUT2D eigenvalue weighted by Crippen LogP contribution is -2.66. The van der Waals surface area contributed by atoms with Crippen LogP contribution in [0.2, 0.25) is 0 Å². The Morgan fingerprint density at radius 2 is 1.63 bits per heavy atom. The molecule has 10 atom stereocenters. The molecule has 0 aromatic heterocycles. The molecule has 2 heterocycles. The van der Waals surface area contributed by atoms with Crippen LogP contribution in [0, 0.1) is 23.6 Å². The van der Waals surface area contributed by atoms with Crippen LogP contribution in [0.15, 0.2) is 36.4 Å². The van der Waals surface area contributed by atoms with Crippen LogP contribution >= 0.6 is 0 Å². The molecule has 1 saturated heterocycles. The number of aliphatic hydroxyl groups is 2. The number of carbonyl (C=O) groups is 1. The van der Waals surface area contributed by atoms with E-state index >= 15 is 0 Å². The van der Waals surface area contributed by atoms with Gasteiger partial charge in [-0.25, -0.2) is 4.39 Å². The quantitative estimate of drug-likeness (QED) is 0.439. The average Bonchev–Trinajstić information content (AvgIpc) is 2.90. The zero-order chi connectivity index (χ0) is 28.0. The van der Waals surface area contributed by atoms with Gasteiger partial charge in [-0.2, -0.15) is 0 Å². The standard InChI is InChI=1S/C29H43FO8/c1-17-11-16-24(35-5)23(34-4)10-8-7-9-22(20-12-14-21(30)15-13-20)37-28(32)19(3)29(33)27(36-6)25(31)18(2)26(17)38-29/h11-19,22-27,31,33H,7-10H2,1-6H3/b16-11+/t17-,18-,19+,22-,23?,24+,25-,26-,27+,29+/m0/s1. The fraction of sp³-hybridized carbons (Fsp3) is 0.690. The SMILES string of the molecule is COC1CCCC[C@@H](c2ccc(F)cc2)OC(=O)[C@@H](C)[C@@]2(O)O[C@H]([C@@H](C)[C@H](O)[C@H]2OC)[C@@H](C)/C=C/[C@H]1OC. The first-order valence-corrected chi connectivity index (χ1v) is 13.4. The second kappa shape index (κ2) is 13.5. The first kappa shape index (κ1) is 30.7. The monoisotopic (exact) mass is 538 g/mol. The van der Waals surface area contributed by atoms with E-state index in [1.807, 2.05) is 26.0 Å². The molecule has 2 bridgehead atoms. The number of rotatable bonds is 4. The molecule has 9 heteroatoms. The number of hydrogen-bond donors (Lipinski definition) is 2. The molecule has 1 aromatic rings. The second-order valence-electron chi connectivity index (χ2n) is 10.5. The van der Waals surface area contributed by atoms with Crippen molar-refractivity contribution >= 4 is 5.97 Å². The maximum atomic E-state index is 13.6. The molecule has 3 rings (SSSR count). The Morgan fingerprint density at radius 1 is 0.974 bits per heavy atom. The lowest BCUT2D eigenvalue weighted by atomic mass is 9.78. The Hall–Kier alpha value is -1.88. The van der Waals surface area contributed by atoms with Crippen molar-refractivity contribution in [2.45, 2.75) is 88.9 Å². The number of halogens is 1. The molecule has 1 unspecified atom stereocenters. The molecule has 1 fully saturated rings. The summed E-state index contributed by atoms with van der Waals surface area (Å²) in [5.74, 6) is -5.08. The highest BCUT2D eigenvalue weighted by Gasteiger charge is 2.58. The van der Waals surface area contributed by atoms with Crippen molar-refractivity contribution in [2.24, 2.45) is 17.8 Å². The van der Waals surface area contributed by atoms with Crippen LogP contribution < -0.4 is 0 Å². The van der Waals surface area contributed by atoms with E-state index in [2.05, 4.69) is 0 Å². The molecule has 214 valence electrons. The van der Waals surface area contributed by atoms with Crippen LogP contribution in [-0.4, -0.2) is 73.8 Å². The van der Waals surface area contributed by atoms with Gasteiger partial charge in [-0.1, -0.05) is 44.6 Å². The molecule has 1 aromatic carbocycles. The molecule has 38 heavy (non-hydrogen) atoms. The Labute approximate surface area is 225 Å². The maximum Gasteiger partial charge on any atom is 0.314 e. The summed E-state index contributed by atoms with van der Waals surface area (Å²) in [6.45, 7) is 5.25. The van der Waals surface area contributed by atoms with Crippen molar-refractivity contribution < 1.29 is 43.1 Å². The van der Waals surface area contributed by atoms with E-state index in [4.69, 9.17) is 23.7 Å². The van der Waals surface area contributed by atoms with Crippen LogP contribution in [0.5, 0.6) is 0 Å². The number of hydrogen-bond acceptors (Lipinski definition) is 8. The van der Waals surface area contributed by atoms with Crippen molar-refractivity contribution in [1.29, 1.82) is 0 Å². The van der Waals surface area contributed by atoms with Crippen molar-refractivity contribution in [2.75, 3.05) is 21.3 Å². The Bertz CT molecular complexity index is 924. The van der Waals surface area contributed by atoms with Crippen LogP contribution in [0.1, 0.15) is 58.1 Å². The number of benzene rings is 1. The Balaban J connectivity index is 2.01. The molecule has 0 spiro atoms. The maximum absolute atomic E-state index is 13.6. The predicted octanol–water partition coefficient (Wildman–Crippen LogP) is 3.94. The van der Waals surface area contributed by atoms with E-state index in [9.17, 15) is 19.4 Å². The summed E-state index contributed by atoms with van der Waals surface area (Å²) in [6, 6.07) is 5.83. The van der Waals surface area contributed by atoms with E-state index in [0.717, 1.165) is 12.8 Å². The smallest absolute Gasteiger partial charge is 0.314 e. The number of carbonyl (C=O) groups excluding carboxylic acids is 1. The molecular formula is C29H43FO8. The lowest BCUT2D eigenvalue weighted by molar-refractivity contribution is -0.360. The topological polar surface area (TPSA) is 104 Å². The summed E-state index contributed by atoms with van der Waals surface area (Å²) in [4.78, 5) is 13.5. The number of aliphatic hydroxyl groups excluding tert-OH is 1. The van der Waals surface area contributed by atoms with Gasteiger partial charge in [0.05, 0.1) is 18.3 Å². The number of cyclic esters (lactones) is 1. The van der Waals surface area contributed by atoms with Gasteiger partial charge in [0.25, 0.3) is 0 Å². The van der Waals surface area contributed by atoms with Gasteiger partial charge in [-0.15, -0.1) is 0 Å². The van der Waals surface area contributed by atoms with Gasteiger partial charge in [0, 0.05) is 33.2 Å². The van der Waals surface area contributed by atoms with E-state index < -0.39 is 48.0 Å². The fourth-order valence-corrected chi connectivity index (χ4v) is 5.57. The minimum Gasteiger partial charge on any atom is -0.457 e. The van der Waals surface area contributed by atoms with E-state index in [0.29, 0.717) is 18.4 Å². The molecule has 2 aliphatic rings. The van der Waals surface area contributed by atoms with Crippen LogP contribution in [-0.2, 0) is 28.5 Å². The second-order valence-corrected chi connectivity index (χ2v) is 10.5. The van der Waals surface area contributed by atoms with Crippen molar-refractivity contribution in [3.63, 3.8) is 0 Å². The zero-order valence-electron chi connectivity index (χ0n) is 23.2. The molecule has 8 nitrogen and oxygen atoms in total. The highest BCUT2D eigenvalue weighted by molar-refractivity contribution is 5.73. The van der Waals surface area contributed by atoms with Crippen LogP contribution in [0.4, 0.5) is 4.39 Å². The van der Waals surface area contributed by atoms with Crippen LogP contribution in [0.25, 0.3) is 0 Å². The number of esters is 1. The molecule has 0 amide bonds. The van der Waals surface area contributed by atoms with Gasteiger partial charge >= 0.3 is 5.97 Å². The highest BCUT2D eigenvalue weighted by Crippen LogP contribution is 2.42. The minimum atomic E-state index is -2.15. The third kappa shape index (κ3) is 6.63.